The molecule has 0 bridgehead atoms. The van der Waals surface area contributed by atoms with E-state index >= 15 is 0 Å². The van der Waals surface area contributed by atoms with Crippen molar-refractivity contribution in [1.29, 1.82) is 0 Å². The molecule has 1 aromatic carbocycles. The van der Waals surface area contributed by atoms with E-state index in [0.29, 0.717) is 22.2 Å². The Bertz CT molecular complexity index is 1170. The maximum Gasteiger partial charge on any atom is 0.234 e. The number of pyridine rings is 1. The molecular formula is C21H20N6OS. The summed E-state index contributed by atoms with van der Waals surface area (Å²) in [4.78, 5) is 16.8. The van der Waals surface area contributed by atoms with E-state index in [1.54, 1.807) is 10.7 Å². The molecule has 7 nitrogen and oxygen atoms in total. The number of nitrogens with one attached hydrogen (secondary N) is 1. The van der Waals surface area contributed by atoms with Gasteiger partial charge in [-0.25, -0.2) is 0 Å². The Balaban J connectivity index is 1.49. The van der Waals surface area contributed by atoms with Crippen molar-refractivity contribution in [3.8, 4) is 11.5 Å². The van der Waals surface area contributed by atoms with Crippen LogP contribution >= 0.6 is 11.8 Å². The first kappa shape index (κ1) is 19.1. The number of thioether (sulfide) groups is 1. The van der Waals surface area contributed by atoms with Crippen LogP contribution in [-0.2, 0) is 4.79 Å². The Morgan fingerprint density at radius 2 is 1.86 bits per heavy atom. The maximum absolute atomic E-state index is 12.5. The van der Waals surface area contributed by atoms with Crippen molar-refractivity contribution in [2.75, 3.05) is 11.1 Å². The summed E-state index contributed by atoms with van der Waals surface area (Å²) in [6.07, 6.45) is 1.70. The van der Waals surface area contributed by atoms with E-state index in [-0.39, 0.29) is 11.7 Å². The summed E-state index contributed by atoms with van der Waals surface area (Å²) >= 11 is 1.36. The molecular weight excluding hydrogens is 384 g/mol. The summed E-state index contributed by atoms with van der Waals surface area (Å²) < 4.78 is 1.65. The SMILES string of the molecule is Cc1cc(C)c(NC(=O)CSc2ccc3nnc(-c4ccccn4)n3n2)c(C)c1. The lowest BCUT2D eigenvalue weighted by atomic mass is 10.1. The van der Waals surface area contributed by atoms with Crippen LogP contribution < -0.4 is 5.32 Å². The van der Waals surface area contributed by atoms with Crippen LogP contribution in [0.15, 0.2) is 53.7 Å². The summed E-state index contributed by atoms with van der Waals surface area (Å²) in [5.74, 6) is 0.755. The molecule has 3 heterocycles. The standard InChI is InChI=1S/C21H20N6OS/c1-13-10-14(2)20(15(3)11-13)23-18(28)12-29-19-8-7-17-24-25-21(27(17)26-19)16-6-4-5-9-22-16/h4-11H,12H2,1-3H3,(H,23,28). The van der Waals surface area contributed by atoms with Gasteiger partial charge in [-0.1, -0.05) is 35.5 Å². The van der Waals surface area contributed by atoms with Gasteiger partial charge < -0.3 is 5.32 Å². The number of carbonyl (C=O) groups is 1. The Kier molecular flexibility index (Phi) is 5.26. The molecule has 0 aliphatic rings. The highest BCUT2D eigenvalue weighted by Crippen LogP contribution is 2.23. The second-order valence-electron chi connectivity index (χ2n) is 6.79. The molecule has 4 rings (SSSR count). The van der Waals surface area contributed by atoms with Crippen molar-refractivity contribution in [3.05, 3.63) is 65.4 Å². The van der Waals surface area contributed by atoms with E-state index in [4.69, 9.17) is 0 Å². The van der Waals surface area contributed by atoms with Crippen LogP contribution in [0.3, 0.4) is 0 Å². The molecule has 0 aliphatic heterocycles. The number of anilines is 1. The number of rotatable bonds is 5. The lowest BCUT2D eigenvalue weighted by Crippen LogP contribution is -2.16. The van der Waals surface area contributed by atoms with Gasteiger partial charge in [0, 0.05) is 11.9 Å². The number of fused-ring (bicyclic) bond motifs is 1. The molecule has 29 heavy (non-hydrogen) atoms. The summed E-state index contributed by atoms with van der Waals surface area (Å²) in [5.41, 5.74) is 5.50. The van der Waals surface area contributed by atoms with Gasteiger partial charge in [0.1, 0.15) is 10.7 Å². The van der Waals surface area contributed by atoms with Crippen LogP contribution in [0.25, 0.3) is 17.2 Å². The number of carbonyl (C=O) groups excluding carboxylic acids is 1. The Labute approximate surface area is 172 Å². The third-order valence-electron chi connectivity index (χ3n) is 4.42. The van der Waals surface area contributed by atoms with Crippen molar-refractivity contribution >= 4 is 29.0 Å². The van der Waals surface area contributed by atoms with Gasteiger partial charge in [-0.3, -0.25) is 9.78 Å². The van der Waals surface area contributed by atoms with E-state index in [1.165, 1.54) is 17.3 Å². The Morgan fingerprint density at radius 1 is 1.07 bits per heavy atom. The normalized spacial score (nSPS) is 11.0. The minimum Gasteiger partial charge on any atom is -0.325 e. The molecule has 0 spiro atoms. The van der Waals surface area contributed by atoms with Crippen LogP contribution in [-0.4, -0.2) is 36.5 Å². The number of nitrogens with zero attached hydrogens (tertiary/aromatic N) is 5. The molecule has 0 saturated heterocycles. The number of benzene rings is 1. The van der Waals surface area contributed by atoms with Gasteiger partial charge in [0.2, 0.25) is 11.7 Å². The van der Waals surface area contributed by atoms with Crippen LogP contribution in [0.4, 0.5) is 5.69 Å². The average molecular weight is 404 g/mol. The van der Waals surface area contributed by atoms with Gasteiger partial charge in [0.25, 0.3) is 0 Å². The second kappa shape index (κ2) is 8.00. The number of aromatic nitrogens is 5. The number of aryl methyl sites for hydroxylation is 3. The molecule has 0 unspecified atom stereocenters. The topological polar surface area (TPSA) is 85.1 Å². The summed E-state index contributed by atoms with van der Waals surface area (Å²) in [6.45, 7) is 6.06. The number of hydrogen-bond acceptors (Lipinski definition) is 6. The highest BCUT2D eigenvalue weighted by molar-refractivity contribution is 7.99. The second-order valence-corrected chi connectivity index (χ2v) is 7.79. The predicted octanol–water partition coefficient (Wildman–Crippen LogP) is 3.84. The van der Waals surface area contributed by atoms with Gasteiger partial charge in [-0.05, 0) is 56.2 Å². The zero-order valence-electron chi connectivity index (χ0n) is 16.4. The highest BCUT2D eigenvalue weighted by atomic mass is 32.2. The quantitative estimate of drug-likeness (QED) is 0.509. The molecule has 4 aromatic rings. The van der Waals surface area contributed by atoms with Crippen LogP contribution in [0.1, 0.15) is 16.7 Å². The molecule has 0 radical (unpaired) electrons. The van der Waals surface area contributed by atoms with E-state index in [0.717, 1.165) is 16.8 Å². The van der Waals surface area contributed by atoms with Gasteiger partial charge >= 0.3 is 0 Å². The fraction of sp³-hybridized carbons (Fsp3) is 0.190. The number of amides is 1. The van der Waals surface area contributed by atoms with Gasteiger partial charge in [-0.15, -0.1) is 10.2 Å². The van der Waals surface area contributed by atoms with E-state index in [1.807, 2.05) is 51.1 Å². The Hall–Kier alpha value is -3.26. The number of hydrogen-bond donors (Lipinski definition) is 1. The third kappa shape index (κ3) is 4.12. The average Bonchev–Trinajstić information content (AvgIpc) is 3.13. The molecule has 146 valence electrons. The molecule has 0 fully saturated rings. The molecule has 8 heteroatoms. The van der Waals surface area contributed by atoms with Gasteiger partial charge in [-0.2, -0.15) is 9.61 Å². The lowest BCUT2D eigenvalue weighted by Gasteiger charge is -2.12. The first-order chi connectivity index (χ1) is 14.0. The monoisotopic (exact) mass is 404 g/mol. The summed E-state index contributed by atoms with van der Waals surface area (Å²) in [7, 11) is 0. The Morgan fingerprint density at radius 3 is 2.59 bits per heavy atom. The van der Waals surface area contributed by atoms with Crippen molar-refractivity contribution in [2.45, 2.75) is 25.8 Å². The van der Waals surface area contributed by atoms with Crippen LogP contribution in [0.2, 0.25) is 0 Å². The first-order valence-corrected chi connectivity index (χ1v) is 10.1. The zero-order valence-corrected chi connectivity index (χ0v) is 17.2. The minimum absolute atomic E-state index is 0.0688. The summed E-state index contributed by atoms with van der Waals surface area (Å²) in [5, 5.41) is 16.6. The molecule has 1 N–H and O–H groups in total. The zero-order chi connectivity index (χ0) is 20.4. The van der Waals surface area contributed by atoms with Crippen LogP contribution in [0.5, 0.6) is 0 Å². The molecule has 0 atom stereocenters. The van der Waals surface area contributed by atoms with Crippen molar-refractivity contribution in [2.24, 2.45) is 0 Å². The molecule has 3 aromatic heterocycles. The summed E-state index contributed by atoms with van der Waals surface area (Å²) in [6, 6.07) is 13.4. The maximum atomic E-state index is 12.5. The first-order valence-electron chi connectivity index (χ1n) is 9.15. The lowest BCUT2D eigenvalue weighted by molar-refractivity contribution is -0.113. The minimum atomic E-state index is -0.0688. The molecule has 0 saturated carbocycles. The van der Waals surface area contributed by atoms with Crippen molar-refractivity contribution < 1.29 is 4.79 Å². The van der Waals surface area contributed by atoms with E-state index in [9.17, 15) is 4.79 Å². The van der Waals surface area contributed by atoms with E-state index < -0.39 is 0 Å². The largest absolute Gasteiger partial charge is 0.325 e. The molecule has 0 aliphatic carbocycles. The van der Waals surface area contributed by atoms with Crippen molar-refractivity contribution in [1.82, 2.24) is 24.8 Å². The van der Waals surface area contributed by atoms with E-state index in [2.05, 4.69) is 37.7 Å². The van der Waals surface area contributed by atoms with Gasteiger partial charge in [0.05, 0.1) is 5.75 Å². The van der Waals surface area contributed by atoms with Gasteiger partial charge in [0.15, 0.2) is 5.65 Å². The fourth-order valence-electron chi connectivity index (χ4n) is 3.20. The fourth-order valence-corrected chi connectivity index (χ4v) is 3.85. The molecule has 1 amide bonds. The smallest absolute Gasteiger partial charge is 0.234 e. The van der Waals surface area contributed by atoms with Crippen molar-refractivity contribution in [3.63, 3.8) is 0 Å². The highest BCUT2D eigenvalue weighted by Gasteiger charge is 2.13. The predicted molar refractivity (Wildman–Crippen MR) is 114 cm³/mol. The third-order valence-corrected chi connectivity index (χ3v) is 5.34. The van der Waals surface area contributed by atoms with Crippen LogP contribution in [0, 0.1) is 20.8 Å².